The number of aromatic nitrogens is 3. The molecule has 0 saturated heterocycles. The number of carbonyl (C=O) groups excluding carboxylic acids is 1. The van der Waals surface area contributed by atoms with Gasteiger partial charge in [-0.15, -0.1) is 0 Å². The number of carbonyl (C=O) groups is 1. The fourth-order valence-electron chi connectivity index (χ4n) is 2.93. The molecule has 7 nitrogen and oxygen atoms in total. The van der Waals surface area contributed by atoms with Crippen LogP contribution < -0.4 is 5.32 Å². The van der Waals surface area contributed by atoms with Crippen molar-refractivity contribution in [2.75, 3.05) is 18.5 Å². The van der Waals surface area contributed by atoms with Crippen LogP contribution in [0.4, 0.5) is 5.69 Å². The van der Waals surface area contributed by atoms with Gasteiger partial charge in [-0.2, -0.15) is 0 Å². The van der Waals surface area contributed by atoms with Gasteiger partial charge in [-0.3, -0.25) is 4.98 Å². The molecule has 0 amide bonds. The van der Waals surface area contributed by atoms with E-state index in [1.165, 1.54) is 0 Å². The van der Waals surface area contributed by atoms with Gasteiger partial charge in [0.2, 0.25) is 0 Å². The van der Waals surface area contributed by atoms with Crippen LogP contribution in [0.3, 0.4) is 0 Å². The SMILES string of the molecule is CCOC(=O)c1ccc(NC(=S)N(CCCn2ccnc2)Cc2ccncc2)cc1. The molecule has 0 fully saturated rings. The van der Waals surface area contributed by atoms with Crippen LogP contribution in [0.25, 0.3) is 0 Å². The summed E-state index contributed by atoms with van der Waals surface area (Å²) in [4.78, 5) is 22.1. The van der Waals surface area contributed by atoms with E-state index in [0.29, 0.717) is 23.8 Å². The Kier molecular flexibility index (Phi) is 7.91. The molecule has 0 saturated carbocycles. The molecule has 1 aromatic carbocycles. The third-order valence-electron chi connectivity index (χ3n) is 4.46. The average molecular weight is 424 g/mol. The smallest absolute Gasteiger partial charge is 0.338 e. The number of rotatable bonds is 9. The highest BCUT2D eigenvalue weighted by Crippen LogP contribution is 2.13. The third kappa shape index (κ3) is 6.38. The van der Waals surface area contributed by atoms with E-state index < -0.39 is 0 Å². The van der Waals surface area contributed by atoms with Gasteiger partial charge in [-0.05, 0) is 67.5 Å². The largest absolute Gasteiger partial charge is 0.462 e. The number of hydrogen-bond acceptors (Lipinski definition) is 5. The number of thiocarbonyl (C=S) groups is 1. The van der Waals surface area contributed by atoms with Gasteiger partial charge in [0.05, 0.1) is 18.5 Å². The molecule has 2 aromatic heterocycles. The fourth-order valence-corrected chi connectivity index (χ4v) is 3.20. The van der Waals surface area contributed by atoms with Crippen molar-refractivity contribution in [3.63, 3.8) is 0 Å². The fraction of sp³-hybridized carbons (Fsp3) is 0.273. The van der Waals surface area contributed by atoms with Gasteiger partial charge in [-0.25, -0.2) is 9.78 Å². The highest BCUT2D eigenvalue weighted by Gasteiger charge is 2.12. The molecule has 3 rings (SSSR count). The van der Waals surface area contributed by atoms with Crippen molar-refractivity contribution < 1.29 is 9.53 Å². The van der Waals surface area contributed by atoms with E-state index in [0.717, 1.165) is 30.8 Å². The molecule has 0 unspecified atom stereocenters. The summed E-state index contributed by atoms with van der Waals surface area (Å²) < 4.78 is 7.07. The summed E-state index contributed by atoms with van der Waals surface area (Å²) in [5.41, 5.74) is 2.47. The molecule has 0 aliphatic rings. The second-order valence-corrected chi connectivity index (χ2v) is 7.05. The summed E-state index contributed by atoms with van der Waals surface area (Å²) in [5, 5.41) is 3.90. The van der Waals surface area contributed by atoms with Crippen molar-refractivity contribution in [1.82, 2.24) is 19.4 Å². The zero-order valence-electron chi connectivity index (χ0n) is 16.9. The first-order valence-electron chi connectivity index (χ1n) is 9.83. The number of pyridine rings is 1. The lowest BCUT2D eigenvalue weighted by Crippen LogP contribution is -2.35. The lowest BCUT2D eigenvalue weighted by Gasteiger charge is -2.26. The number of imidazole rings is 1. The first kappa shape index (κ1) is 21.4. The Bertz CT molecular complexity index is 930. The van der Waals surface area contributed by atoms with Crippen LogP contribution in [-0.4, -0.2) is 43.7 Å². The molecule has 0 atom stereocenters. The maximum absolute atomic E-state index is 11.8. The summed E-state index contributed by atoms with van der Waals surface area (Å²) in [6, 6.07) is 11.1. The van der Waals surface area contributed by atoms with Crippen LogP contribution in [0.15, 0.2) is 67.5 Å². The number of ether oxygens (including phenoxy) is 1. The lowest BCUT2D eigenvalue weighted by atomic mass is 10.2. The molecule has 0 aliphatic heterocycles. The lowest BCUT2D eigenvalue weighted by molar-refractivity contribution is 0.0526. The molecular formula is C22H25N5O2S. The van der Waals surface area contributed by atoms with Gasteiger partial charge in [0.15, 0.2) is 5.11 Å². The van der Waals surface area contributed by atoms with Crippen molar-refractivity contribution in [3.8, 4) is 0 Å². The third-order valence-corrected chi connectivity index (χ3v) is 4.82. The van der Waals surface area contributed by atoms with Crippen LogP contribution in [0, 0.1) is 0 Å². The van der Waals surface area contributed by atoms with E-state index in [-0.39, 0.29) is 5.97 Å². The minimum atomic E-state index is -0.328. The first-order valence-corrected chi connectivity index (χ1v) is 10.2. The molecule has 0 spiro atoms. The molecule has 0 bridgehead atoms. The van der Waals surface area contributed by atoms with E-state index in [9.17, 15) is 4.79 Å². The number of hydrogen-bond donors (Lipinski definition) is 1. The van der Waals surface area contributed by atoms with Crippen molar-refractivity contribution in [2.24, 2.45) is 0 Å². The van der Waals surface area contributed by atoms with E-state index in [1.54, 1.807) is 37.6 Å². The summed E-state index contributed by atoms with van der Waals surface area (Å²) in [5.74, 6) is -0.328. The number of benzene rings is 1. The number of esters is 1. The highest BCUT2D eigenvalue weighted by molar-refractivity contribution is 7.80. The van der Waals surface area contributed by atoms with Gasteiger partial charge < -0.3 is 19.5 Å². The van der Waals surface area contributed by atoms with Gasteiger partial charge in [0.1, 0.15) is 0 Å². The minimum Gasteiger partial charge on any atom is -0.462 e. The first-order chi connectivity index (χ1) is 14.7. The molecule has 30 heavy (non-hydrogen) atoms. The Morgan fingerprint density at radius 3 is 2.57 bits per heavy atom. The van der Waals surface area contributed by atoms with Crippen LogP contribution in [0.2, 0.25) is 0 Å². The number of aryl methyl sites for hydroxylation is 1. The topological polar surface area (TPSA) is 72.3 Å². The molecule has 0 radical (unpaired) electrons. The molecule has 8 heteroatoms. The number of nitrogens with one attached hydrogen (secondary N) is 1. The Hall–Kier alpha value is -3.26. The second kappa shape index (κ2) is 11.1. The van der Waals surface area contributed by atoms with Crippen molar-refractivity contribution in [2.45, 2.75) is 26.4 Å². The molecule has 2 heterocycles. The minimum absolute atomic E-state index is 0.328. The predicted octanol–water partition coefficient (Wildman–Crippen LogP) is 3.74. The van der Waals surface area contributed by atoms with Gasteiger partial charge in [-0.1, -0.05) is 0 Å². The van der Waals surface area contributed by atoms with E-state index in [2.05, 4.69) is 24.8 Å². The zero-order valence-corrected chi connectivity index (χ0v) is 17.7. The summed E-state index contributed by atoms with van der Waals surface area (Å²) >= 11 is 5.68. The second-order valence-electron chi connectivity index (χ2n) is 6.66. The normalized spacial score (nSPS) is 10.4. The average Bonchev–Trinajstić information content (AvgIpc) is 3.28. The maximum Gasteiger partial charge on any atom is 0.338 e. The number of anilines is 1. The predicted molar refractivity (Wildman–Crippen MR) is 120 cm³/mol. The quantitative estimate of drug-likeness (QED) is 0.415. The van der Waals surface area contributed by atoms with E-state index >= 15 is 0 Å². The van der Waals surface area contributed by atoms with Crippen LogP contribution in [-0.2, 0) is 17.8 Å². The van der Waals surface area contributed by atoms with Crippen LogP contribution in [0.1, 0.15) is 29.3 Å². The number of nitrogens with zero attached hydrogens (tertiary/aromatic N) is 4. The van der Waals surface area contributed by atoms with E-state index in [1.807, 2.05) is 36.8 Å². The van der Waals surface area contributed by atoms with Gasteiger partial charge in [0.25, 0.3) is 0 Å². The van der Waals surface area contributed by atoms with Gasteiger partial charge >= 0.3 is 5.97 Å². The van der Waals surface area contributed by atoms with Crippen LogP contribution >= 0.6 is 12.2 Å². The zero-order chi connectivity index (χ0) is 21.2. The Morgan fingerprint density at radius 1 is 1.13 bits per heavy atom. The molecule has 3 aromatic rings. The van der Waals surface area contributed by atoms with Gasteiger partial charge in [0, 0.05) is 50.1 Å². The summed E-state index contributed by atoms with van der Waals surface area (Å²) in [6.45, 7) is 4.47. The molecular weight excluding hydrogens is 398 g/mol. The van der Waals surface area contributed by atoms with Crippen LogP contribution in [0.5, 0.6) is 0 Å². The standard InChI is InChI=1S/C22H25N5O2S/c1-2-29-21(28)19-4-6-20(7-5-19)25-22(30)27(16-18-8-10-23-11-9-18)14-3-13-26-15-12-24-17-26/h4-12,15,17H,2-3,13-14,16H2,1H3,(H,25,30). The molecule has 1 N–H and O–H groups in total. The Morgan fingerprint density at radius 2 is 1.90 bits per heavy atom. The summed E-state index contributed by atoms with van der Waals surface area (Å²) in [7, 11) is 0. The Labute approximate surface area is 181 Å². The molecule has 0 aliphatic carbocycles. The van der Waals surface area contributed by atoms with Crippen molar-refractivity contribution in [3.05, 3.63) is 78.6 Å². The monoisotopic (exact) mass is 423 g/mol. The van der Waals surface area contributed by atoms with Crippen molar-refractivity contribution >= 4 is 29.0 Å². The van der Waals surface area contributed by atoms with E-state index in [4.69, 9.17) is 17.0 Å². The van der Waals surface area contributed by atoms with Crippen molar-refractivity contribution in [1.29, 1.82) is 0 Å². The molecule has 156 valence electrons. The summed E-state index contributed by atoms with van der Waals surface area (Å²) in [6.07, 6.45) is 10.0. The maximum atomic E-state index is 11.8. The highest BCUT2D eigenvalue weighted by atomic mass is 32.1. The Balaban J connectivity index is 1.63.